The molecule has 0 aromatic heterocycles. The SMILES string of the molecule is O=C(CC[NH+]1CCc2ccccc2CC1)c1ccc2c(c1)OCCO2. The van der Waals surface area contributed by atoms with Crippen molar-refractivity contribution in [3.8, 4) is 11.5 Å². The van der Waals surface area contributed by atoms with Gasteiger partial charge in [-0.25, -0.2) is 0 Å². The van der Waals surface area contributed by atoms with E-state index in [0.717, 1.165) is 43.8 Å². The second-order valence-corrected chi connectivity index (χ2v) is 6.80. The van der Waals surface area contributed by atoms with Crippen molar-refractivity contribution in [3.05, 3.63) is 59.2 Å². The number of nitrogens with one attached hydrogen (secondary N) is 1. The lowest BCUT2D eigenvalue weighted by atomic mass is 10.0. The third-order valence-corrected chi connectivity index (χ3v) is 5.18. The molecule has 2 aromatic carbocycles. The summed E-state index contributed by atoms with van der Waals surface area (Å²) < 4.78 is 11.1. The van der Waals surface area contributed by atoms with Crippen LogP contribution in [0.15, 0.2) is 42.5 Å². The molecule has 0 unspecified atom stereocenters. The molecule has 0 saturated carbocycles. The van der Waals surface area contributed by atoms with Crippen molar-refractivity contribution in [3.63, 3.8) is 0 Å². The minimum Gasteiger partial charge on any atom is -0.486 e. The van der Waals surface area contributed by atoms with Gasteiger partial charge in [0.15, 0.2) is 17.3 Å². The molecule has 1 N–H and O–H groups in total. The van der Waals surface area contributed by atoms with Gasteiger partial charge in [-0.15, -0.1) is 0 Å². The summed E-state index contributed by atoms with van der Waals surface area (Å²) in [5.41, 5.74) is 3.66. The van der Waals surface area contributed by atoms with E-state index in [4.69, 9.17) is 9.47 Å². The summed E-state index contributed by atoms with van der Waals surface area (Å²) in [4.78, 5) is 14.1. The van der Waals surface area contributed by atoms with E-state index in [2.05, 4.69) is 24.3 Å². The molecule has 0 bridgehead atoms. The first-order valence-electron chi connectivity index (χ1n) is 9.13. The van der Waals surface area contributed by atoms with Crippen molar-refractivity contribution in [2.45, 2.75) is 19.3 Å². The van der Waals surface area contributed by atoms with Gasteiger partial charge in [0, 0.05) is 18.4 Å². The van der Waals surface area contributed by atoms with Crippen molar-refractivity contribution >= 4 is 5.78 Å². The standard InChI is InChI=1S/C21H23NO3/c23-19(18-5-6-20-21(15-18)25-14-13-24-20)9-12-22-10-7-16-3-1-2-4-17(16)8-11-22/h1-6,15H,7-14H2/p+1. The Morgan fingerprint density at radius 1 is 0.920 bits per heavy atom. The van der Waals surface area contributed by atoms with Crippen LogP contribution in [0.4, 0.5) is 0 Å². The van der Waals surface area contributed by atoms with Gasteiger partial charge >= 0.3 is 0 Å². The van der Waals surface area contributed by atoms with Gasteiger partial charge in [0.1, 0.15) is 13.2 Å². The van der Waals surface area contributed by atoms with Gasteiger partial charge < -0.3 is 14.4 Å². The molecule has 25 heavy (non-hydrogen) atoms. The molecule has 2 aliphatic rings. The fraction of sp³-hybridized carbons (Fsp3) is 0.381. The molecule has 2 aliphatic heterocycles. The number of hydrogen-bond donors (Lipinski definition) is 1. The van der Waals surface area contributed by atoms with Crippen LogP contribution in [0.25, 0.3) is 0 Å². The van der Waals surface area contributed by atoms with Crippen molar-refractivity contribution in [1.82, 2.24) is 0 Å². The largest absolute Gasteiger partial charge is 0.486 e. The molecular weight excluding hydrogens is 314 g/mol. The topological polar surface area (TPSA) is 40.0 Å². The Morgan fingerprint density at radius 3 is 2.32 bits per heavy atom. The zero-order valence-electron chi connectivity index (χ0n) is 14.4. The number of carbonyl (C=O) groups is 1. The van der Waals surface area contributed by atoms with Gasteiger partial charge in [-0.1, -0.05) is 24.3 Å². The molecule has 2 aromatic rings. The quantitative estimate of drug-likeness (QED) is 0.863. The van der Waals surface area contributed by atoms with Crippen LogP contribution in [0.2, 0.25) is 0 Å². The number of hydrogen-bond acceptors (Lipinski definition) is 3. The van der Waals surface area contributed by atoms with E-state index in [0.29, 0.717) is 25.4 Å². The zero-order valence-corrected chi connectivity index (χ0v) is 14.4. The first-order valence-corrected chi connectivity index (χ1v) is 9.13. The predicted molar refractivity (Wildman–Crippen MR) is 95.8 cm³/mol. The number of ether oxygens (including phenoxy) is 2. The Hall–Kier alpha value is -2.33. The number of benzene rings is 2. The van der Waals surface area contributed by atoms with Gasteiger partial charge in [-0.3, -0.25) is 4.79 Å². The van der Waals surface area contributed by atoms with E-state index < -0.39 is 0 Å². The number of quaternary nitrogens is 1. The highest BCUT2D eigenvalue weighted by Crippen LogP contribution is 2.31. The highest BCUT2D eigenvalue weighted by atomic mass is 16.6. The van der Waals surface area contributed by atoms with Crippen LogP contribution in [-0.4, -0.2) is 38.6 Å². The summed E-state index contributed by atoms with van der Waals surface area (Å²) in [5.74, 6) is 1.61. The Morgan fingerprint density at radius 2 is 1.60 bits per heavy atom. The predicted octanol–water partition coefficient (Wildman–Crippen LogP) is 1.71. The van der Waals surface area contributed by atoms with Crippen molar-refractivity contribution in [1.29, 1.82) is 0 Å². The molecule has 0 saturated heterocycles. The number of fused-ring (bicyclic) bond motifs is 2. The van der Waals surface area contributed by atoms with Gasteiger partial charge in [-0.05, 0) is 29.3 Å². The van der Waals surface area contributed by atoms with Crippen LogP contribution < -0.4 is 14.4 Å². The maximum absolute atomic E-state index is 12.6. The second kappa shape index (κ2) is 7.28. The number of carbonyl (C=O) groups excluding carboxylic acids is 1. The molecule has 4 rings (SSSR count). The molecule has 0 spiro atoms. The minimum atomic E-state index is 0.186. The van der Waals surface area contributed by atoms with E-state index >= 15 is 0 Å². The highest BCUT2D eigenvalue weighted by molar-refractivity contribution is 5.96. The van der Waals surface area contributed by atoms with Gasteiger partial charge in [0.25, 0.3) is 0 Å². The Bertz CT molecular complexity index is 744. The third kappa shape index (κ3) is 3.69. The zero-order chi connectivity index (χ0) is 17.1. The maximum atomic E-state index is 12.6. The summed E-state index contributed by atoms with van der Waals surface area (Å²) in [6, 6.07) is 14.2. The van der Waals surface area contributed by atoms with Crippen LogP contribution in [0.1, 0.15) is 27.9 Å². The average molecular weight is 338 g/mol. The van der Waals surface area contributed by atoms with Gasteiger partial charge in [0.05, 0.1) is 26.1 Å². The van der Waals surface area contributed by atoms with Crippen LogP contribution in [0, 0.1) is 0 Å². The Kier molecular flexibility index (Phi) is 4.70. The Labute approximate surface area is 148 Å². The average Bonchev–Trinajstić information content (AvgIpc) is 2.88. The molecule has 4 heteroatoms. The number of ketones is 1. The molecule has 2 heterocycles. The molecule has 0 amide bonds. The lowest BCUT2D eigenvalue weighted by Crippen LogP contribution is -3.12. The smallest absolute Gasteiger partial charge is 0.168 e. The summed E-state index contributed by atoms with van der Waals surface area (Å²) in [5, 5.41) is 0. The van der Waals surface area contributed by atoms with E-state index in [1.807, 2.05) is 18.2 Å². The monoisotopic (exact) mass is 338 g/mol. The van der Waals surface area contributed by atoms with Crippen molar-refractivity contribution < 1.29 is 19.2 Å². The molecule has 0 fully saturated rings. The normalized spacial score (nSPS) is 16.8. The number of rotatable bonds is 4. The molecular formula is C21H24NO3+. The molecule has 4 nitrogen and oxygen atoms in total. The lowest BCUT2D eigenvalue weighted by Gasteiger charge is -2.19. The van der Waals surface area contributed by atoms with Crippen LogP contribution in [-0.2, 0) is 12.8 Å². The maximum Gasteiger partial charge on any atom is 0.168 e. The van der Waals surface area contributed by atoms with Crippen LogP contribution in [0.3, 0.4) is 0 Å². The van der Waals surface area contributed by atoms with Gasteiger partial charge in [0.2, 0.25) is 0 Å². The minimum absolute atomic E-state index is 0.186. The number of Topliss-reactive ketones (excluding diaryl/α,β-unsaturated/α-hetero) is 1. The van der Waals surface area contributed by atoms with Gasteiger partial charge in [-0.2, -0.15) is 0 Å². The van der Waals surface area contributed by atoms with E-state index in [1.54, 1.807) is 0 Å². The molecule has 0 atom stereocenters. The summed E-state index contributed by atoms with van der Waals surface area (Å²) in [7, 11) is 0. The fourth-order valence-corrected chi connectivity index (χ4v) is 3.69. The molecule has 0 radical (unpaired) electrons. The Balaban J connectivity index is 1.35. The van der Waals surface area contributed by atoms with E-state index in [-0.39, 0.29) is 5.78 Å². The third-order valence-electron chi connectivity index (χ3n) is 5.18. The lowest BCUT2D eigenvalue weighted by molar-refractivity contribution is -0.898. The first-order chi connectivity index (χ1) is 12.3. The first kappa shape index (κ1) is 16.2. The summed E-state index contributed by atoms with van der Waals surface area (Å²) >= 11 is 0. The summed E-state index contributed by atoms with van der Waals surface area (Å²) in [6.07, 6.45) is 2.78. The highest BCUT2D eigenvalue weighted by Gasteiger charge is 2.19. The van der Waals surface area contributed by atoms with Crippen molar-refractivity contribution in [2.24, 2.45) is 0 Å². The second-order valence-electron chi connectivity index (χ2n) is 6.80. The molecule has 0 aliphatic carbocycles. The summed E-state index contributed by atoms with van der Waals surface area (Å²) in [6.45, 7) is 4.21. The fourth-order valence-electron chi connectivity index (χ4n) is 3.69. The van der Waals surface area contributed by atoms with Crippen LogP contribution in [0.5, 0.6) is 11.5 Å². The van der Waals surface area contributed by atoms with Crippen LogP contribution >= 0.6 is 0 Å². The van der Waals surface area contributed by atoms with E-state index in [9.17, 15) is 4.79 Å². The van der Waals surface area contributed by atoms with E-state index in [1.165, 1.54) is 16.0 Å². The van der Waals surface area contributed by atoms with Crippen molar-refractivity contribution in [2.75, 3.05) is 32.8 Å². The molecule has 130 valence electrons.